The minimum Gasteiger partial charge on any atom is -0.346 e. The zero-order chi connectivity index (χ0) is 60.3. The van der Waals surface area contributed by atoms with Crippen LogP contribution < -0.4 is 33.7 Å². The van der Waals surface area contributed by atoms with Gasteiger partial charge in [0.05, 0.1) is 36.5 Å². The highest BCUT2D eigenvalue weighted by molar-refractivity contribution is 7.48. The molecule has 6 aliphatic rings. The van der Waals surface area contributed by atoms with Gasteiger partial charge in [0.15, 0.2) is 36.0 Å². The number of rotatable bonds is 18. The molecule has 452 valence electrons. The lowest BCUT2D eigenvalue weighted by Gasteiger charge is -2.28. The van der Waals surface area contributed by atoms with Crippen LogP contribution in [-0.4, -0.2) is 121 Å². The van der Waals surface area contributed by atoms with E-state index in [1.807, 2.05) is 91.0 Å². The maximum atomic E-state index is 15.6. The molecule has 6 saturated heterocycles. The van der Waals surface area contributed by atoms with Crippen LogP contribution in [0.4, 0.5) is 0 Å². The molecule has 6 aliphatic heterocycles. The SMILES string of the molecule is CC1(C)O[C@@H]2[C@H](O1)[C@@H](COP(=O)(OC[C@H]1O[C@@H](n3cc(/C=C/c4ccccc4)c(=O)[nH]c3=O)[C@@H]3OC(C)(C)O[C@@H]31)OC[C@H]1O[C@@H](n3cc(/C=C/c4ccccc4)c(=O)[nH]c3=O)[C@@H]3OC(C)(C)O[C@@H]31)O[C@H]2n1cc(/C=C/c2ccccc2)c(=O)[nH]c1=O. The topological polar surface area (TPSA) is 292 Å². The van der Waals surface area contributed by atoms with E-state index in [0.717, 1.165) is 16.7 Å². The van der Waals surface area contributed by atoms with Crippen LogP contribution in [0.2, 0.25) is 0 Å². The molecule has 12 rings (SSSR count). The molecule has 9 heterocycles. The average molecular weight is 1200 g/mol. The van der Waals surface area contributed by atoms with Gasteiger partial charge < -0.3 is 42.6 Å². The molecule has 6 aromatic rings. The van der Waals surface area contributed by atoms with Crippen LogP contribution in [0.1, 0.15) is 93.6 Å². The second-order valence-electron chi connectivity index (χ2n) is 22.7. The van der Waals surface area contributed by atoms with E-state index in [-0.39, 0.29) is 16.7 Å². The second kappa shape index (κ2) is 23.4. The van der Waals surface area contributed by atoms with Crippen molar-refractivity contribution in [3.05, 3.63) is 205 Å². The molecule has 0 spiro atoms. The number of nitrogens with zero attached hydrogens (tertiary/aromatic N) is 3. The van der Waals surface area contributed by atoms with E-state index in [1.54, 1.807) is 78.0 Å². The summed E-state index contributed by atoms with van der Waals surface area (Å²) < 4.78 is 95.3. The Labute approximate surface area is 489 Å². The molecule has 3 aromatic carbocycles. The third-order valence-electron chi connectivity index (χ3n) is 15.1. The van der Waals surface area contributed by atoms with Gasteiger partial charge in [-0.15, -0.1) is 0 Å². The summed E-state index contributed by atoms with van der Waals surface area (Å²) in [4.78, 5) is 87.4. The molecule has 0 bridgehead atoms. The Morgan fingerprint density at radius 2 is 0.663 bits per heavy atom. The number of H-pyrrole nitrogens is 3. The van der Waals surface area contributed by atoms with Gasteiger partial charge >= 0.3 is 24.9 Å². The molecule has 0 unspecified atom stereocenters. The first-order valence-electron chi connectivity index (χ1n) is 27.9. The van der Waals surface area contributed by atoms with Crippen LogP contribution in [0.25, 0.3) is 36.5 Å². The quantitative estimate of drug-likeness (QED) is 0.0888. The Balaban J connectivity index is 0.839. The first kappa shape index (κ1) is 59.0. The number of hydrogen-bond donors (Lipinski definition) is 3. The van der Waals surface area contributed by atoms with Crippen molar-refractivity contribution in [2.45, 2.75) is 133 Å². The molecule has 0 aliphatic carbocycles. The van der Waals surface area contributed by atoms with E-state index in [2.05, 4.69) is 15.0 Å². The predicted molar refractivity (Wildman–Crippen MR) is 309 cm³/mol. The van der Waals surface area contributed by atoms with Crippen molar-refractivity contribution in [1.29, 1.82) is 0 Å². The van der Waals surface area contributed by atoms with E-state index in [0.29, 0.717) is 0 Å². The maximum absolute atomic E-state index is 15.6. The van der Waals surface area contributed by atoms with Crippen molar-refractivity contribution in [1.82, 2.24) is 28.7 Å². The molecule has 12 atom stereocenters. The summed E-state index contributed by atoms with van der Waals surface area (Å²) in [6.45, 7) is 8.29. The highest BCUT2D eigenvalue weighted by Gasteiger charge is 2.60. The Morgan fingerprint density at radius 3 is 0.930 bits per heavy atom. The summed E-state index contributed by atoms with van der Waals surface area (Å²) in [5.74, 6) is -3.66. The molecule has 26 heteroatoms. The molecule has 25 nitrogen and oxygen atoms in total. The molecule has 0 amide bonds. The van der Waals surface area contributed by atoms with Gasteiger partial charge in [-0.05, 0) is 76.5 Å². The zero-order valence-electron chi connectivity index (χ0n) is 47.5. The normalized spacial score (nSPS) is 28.9. The third-order valence-corrected chi connectivity index (χ3v) is 16.5. The highest BCUT2D eigenvalue weighted by Crippen LogP contribution is 2.54. The third kappa shape index (κ3) is 12.5. The fraction of sp³-hybridized carbons (Fsp3) is 0.400. The van der Waals surface area contributed by atoms with E-state index in [9.17, 15) is 28.8 Å². The van der Waals surface area contributed by atoms with Crippen LogP contribution >= 0.6 is 7.82 Å². The highest BCUT2D eigenvalue weighted by atomic mass is 31.2. The number of nitrogens with one attached hydrogen (secondary N) is 3. The van der Waals surface area contributed by atoms with Gasteiger partial charge in [0.25, 0.3) is 16.7 Å². The number of ether oxygens (including phenoxy) is 9. The van der Waals surface area contributed by atoms with Gasteiger partial charge in [0, 0.05) is 18.6 Å². The lowest BCUT2D eigenvalue weighted by Crippen LogP contribution is -2.38. The number of phosphoric ester groups is 1. The van der Waals surface area contributed by atoms with E-state index in [4.69, 9.17) is 56.2 Å². The van der Waals surface area contributed by atoms with Gasteiger partial charge in [-0.3, -0.25) is 56.6 Å². The number of hydrogen-bond acceptors (Lipinski definition) is 19. The van der Waals surface area contributed by atoms with Crippen molar-refractivity contribution >= 4 is 44.3 Å². The van der Waals surface area contributed by atoms with Crippen LogP contribution in [0.5, 0.6) is 0 Å². The van der Waals surface area contributed by atoms with Gasteiger partial charge in [0.2, 0.25) is 0 Å². The minimum atomic E-state index is -4.95. The molecule has 6 fully saturated rings. The molecule has 0 radical (unpaired) electrons. The van der Waals surface area contributed by atoms with Crippen LogP contribution in [0.15, 0.2) is 138 Å². The number of phosphoric acid groups is 1. The lowest BCUT2D eigenvalue weighted by atomic mass is 10.1. The van der Waals surface area contributed by atoms with Crippen molar-refractivity contribution in [2.75, 3.05) is 19.8 Å². The van der Waals surface area contributed by atoms with Gasteiger partial charge in [-0.2, -0.15) is 0 Å². The standard InChI is InChI=1S/C60H63N6O19P/c1-58(2)80-43-40(77-52(46(43)83-58)64-28-37(49(67)61-55(64)70)25-22-34-16-10-7-11-17-34)31-74-86(73,75-32-41-44-47(84-59(3,4)81-44)53(78-41)65-29-38(50(68)62-56(65)71)26-23-35-18-12-8-13-19-35)76-33-42-45-48(85-60(5,6)82-45)54(79-42)66-30-39(51(69)63-57(66)72)27-24-36-20-14-9-15-21-36/h7-30,40-48,52-54H,31-33H2,1-6H3,(H,61,67,70)(H,62,68,71)(H,63,69,72)/b25-22+,26-23+,27-24+/t40-,41-,42-,43-,44-,45-,46-,47-,48-,52-,53-,54-/m1/s1. The first-order chi connectivity index (χ1) is 41.1. The largest absolute Gasteiger partial charge is 0.475 e. The van der Waals surface area contributed by atoms with Gasteiger partial charge in [-0.1, -0.05) is 109 Å². The molecule has 86 heavy (non-hydrogen) atoms. The average Bonchev–Trinajstić information content (AvgIpc) is 1.94. The maximum Gasteiger partial charge on any atom is 0.475 e. The van der Waals surface area contributed by atoms with Crippen molar-refractivity contribution in [3.63, 3.8) is 0 Å². The summed E-state index contributed by atoms with van der Waals surface area (Å²) in [5, 5.41) is 0. The van der Waals surface area contributed by atoms with Gasteiger partial charge in [0.1, 0.15) is 54.9 Å². The second-order valence-corrected chi connectivity index (χ2v) is 24.4. The molecular formula is C60H63N6O19P. The number of benzene rings is 3. The smallest absolute Gasteiger partial charge is 0.346 e. The molecule has 3 N–H and O–H groups in total. The fourth-order valence-corrected chi connectivity index (χ4v) is 12.5. The van der Waals surface area contributed by atoms with E-state index in [1.165, 1.54) is 32.3 Å². The first-order valence-corrected chi connectivity index (χ1v) is 29.4. The fourth-order valence-electron chi connectivity index (χ4n) is 11.3. The monoisotopic (exact) mass is 1200 g/mol. The number of aromatic amines is 3. The lowest BCUT2D eigenvalue weighted by molar-refractivity contribution is -0.203. The van der Waals surface area contributed by atoms with Crippen molar-refractivity contribution in [2.24, 2.45) is 0 Å². The van der Waals surface area contributed by atoms with Crippen molar-refractivity contribution < 1.29 is 60.8 Å². The number of fused-ring (bicyclic) bond motifs is 3. The summed E-state index contributed by atoms with van der Waals surface area (Å²) in [6, 6.07) is 27.7. The molecule has 0 saturated carbocycles. The Hall–Kier alpha value is -7.33. The number of aromatic nitrogens is 6. The summed E-state index contributed by atoms with van der Waals surface area (Å²) in [7, 11) is -4.95. The molecule has 3 aromatic heterocycles. The minimum absolute atomic E-state index is 0.131. The summed E-state index contributed by atoms with van der Waals surface area (Å²) >= 11 is 0. The van der Waals surface area contributed by atoms with Crippen LogP contribution in [0.3, 0.4) is 0 Å². The van der Waals surface area contributed by atoms with Crippen molar-refractivity contribution in [3.8, 4) is 0 Å². The van der Waals surface area contributed by atoms with E-state index >= 15 is 4.57 Å². The predicted octanol–water partition coefficient (Wildman–Crippen LogP) is 5.56. The Morgan fingerprint density at radius 1 is 0.407 bits per heavy atom. The Bertz CT molecular complexity index is 3600. The zero-order valence-corrected chi connectivity index (χ0v) is 48.3. The Kier molecular flexibility index (Phi) is 16.1. The van der Waals surface area contributed by atoms with Crippen LogP contribution in [-0.2, 0) is 60.8 Å². The van der Waals surface area contributed by atoms with Gasteiger partial charge in [-0.25, -0.2) is 18.9 Å². The van der Waals surface area contributed by atoms with Crippen LogP contribution in [0, 0.1) is 0 Å². The summed E-state index contributed by atoms with van der Waals surface area (Å²) in [5.41, 5.74) is -1.55. The van der Waals surface area contributed by atoms with E-state index < -0.39 is 152 Å². The summed E-state index contributed by atoms with van der Waals surface area (Å²) in [6.07, 6.45) is 0.986. The molecular weight excluding hydrogens is 1140 g/mol.